The van der Waals surface area contributed by atoms with Crippen LogP contribution in [-0.4, -0.2) is 20.9 Å². The Kier molecular flexibility index (Phi) is 4.37. The summed E-state index contributed by atoms with van der Waals surface area (Å²) >= 11 is 0. The zero-order chi connectivity index (χ0) is 14.5. The molecule has 0 saturated carbocycles. The van der Waals surface area contributed by atoms with Crippen molar-refractivity contribution >= 4 is 11.7 Å². The lowest BCUT2D eigenvalue weighted by atomic mass is 10.1. The van der Waals surface area contributed by atoms with Crippen molar-refractivity contribution < 1.29 is 9.90 Å². The van der Waals surface area contributed by atoms with Gasteiger partial charge in [-0.15, -0.1) is 0 Å². The molecular weight excluding hydrogens is 256 g/mol. The first-order valence-electron chi connectivity index (χ1n) is 6.35. The van der Waals surface area contributed by atoms with Crippen molar-refractivity contribution in [3.05, 3.63) is 47.8 Å². The Bertz CT molecular complexity index is 592. The lowest BCUT2D eigenvalue weighted by Crippen LogP contribution is -2.28. The molecule has 0 aliphatic heterocycles. The van der Waals surface area contributed by atoms with E-state index in [-0.39, 0.29) is 6.03 Å². The van der Waals surface area contributed by atoms with E-state index in [1.807, 2.05) is 19.3 Å². The number of carbonyl (C=O) groups is 1. The Hall–Kier alpha value is -2.34. The molecule has 2 rings (SSSR count). The summed E-state index contributed by atoms with van der Waals surface area (Å²) in [5, 5.41) is 19.0. The van der Waals surface area contributed by atoms with Crippen LogP contribution in [0.1, 0.15) is 24.2 Å². The SMILES string of the molecule is CC(O)c1cccc(NC(=O)NCc2cnn(C)c2)c1. The molecule has 0 aliphatic carbocycles. The third kappa shape index (κ3) is 3.83. The van der Waals surface area contributed by atoms with E-state index < -0.39 is 6.10 Å². The summed E-state index contributed by atoms with van der Waals surface area (Å²) in [4.78, 5) is 11.8. The van der Waals surface area contributed by atoms with Crippen LogP contribution in [0.3, 0.4) is 0 Å². The molecule has 6 nitrogen and oxygen atoms in total. The minimum atomic E-state index is -0.560. The molecule has 106 valence electrons. The van der Waals surface area contributed by atoms with Gasteiger partial charge < -0.3 is 15.7 Å². The number of urea groups is 1. The Morgan fingerprint density at radius 3 is 2.95 bits per heavy atom. The molecule has 20 heavy (non-hydrogen) atoms. The molecule has 6 heteroatoms. The first-order valence-corrected chi connectivity index (χ1v) is 6.35. The van der Waals surface area contributed by atoms with Crippen LogP contribution in [0.4, 0.5) is 10.5 Å². The van der Waals surface area contributed by atoms with Crippen LogP contribution in [0.25, 0.3) is 0 Å². The molecule has 0 bridgehead atoms. The number of nitrogens with one attached hydrogen (secondary N) is 2. The third-order valence-electron chi connectivity index (χ3n) is 2.84. The molecule has 0 radical (unpaired) electrons. The highest BCUT2D eigenvalue weighted by Crippen LogP contribution is 2.16. The fourth-order valence-corrected chi connectivity index (χ4v) is 1.80. The van der Waals surface area contributed by atoms with E-state index >= 15 is 0 Å². The molecule has 2 amide bonds. The maximum absolute atomic E-state index is 11.8. The standard InChI is InChI=1S/C14H18N4O2/c1-10(19)12-4-3-5-13(6-12)17-14(20)15-7-11-8-16-18(2)9-11/h3-6,8-10,19H,7H2,1-2H3,(H2,15,17,20). The second-order valence-electron chi connectivity index (χ2n) is 4.63. The number of benzene rings is 1. The maximum atomic E-state index is 11.8. The number of aryl methyl sites for hydroxylation is 1. The van der Waals surface area contributed by atoms with Gasteiger partial charge in [-0.05, 0) is 24.6 Å². The first kappa shape index (κ1) is 14.1. The number of aromatic nitrogens is 2. The third-order valence-corrected chi connectivity index (χ3v) is 2.84. The number of rotatable bonds is 4. The first-order chi connectivity index (χ1) is 9.54. The highest BCUT2D eigenvalue weighted by Gasteiger charge is 2.05. The van der Waals surface area contributed by atoms with Gasteiger partial charge in [0.1, 0.15) is 0 Å². The van der Waals surface area contributed by atoms with Gasteiger partial charge in [0.25, 0.3) is 0 Å². The van der Waals surface area contributed by atoms with E-state index in [2.05, 4.69) is 15.7 Å². The number of aliphatic hydroxyl groups excluding tert-OH is 1. The summed E-state index contributed by atoms with van der Waals surface area (Å²) < 4.78 is 1.68. The Labute approximate surface area is 117 Å². The molecule has 0 saturated heterocycles. The molecule has 0 aliphatic rings. The van der Waals surface area contributed by atoms with Gasteiger partial charge in [0.15, 0.2) is 0 Å². The zero-order valence-electron chi connectivity index (χ0n) is 11.5. The Balaban J connectivity index is 1.89. The van der Waals surface area contributed by atoms with Crippen molar-refractivity contribution in [1.29, 1.82) is 0 Å². The number of anilines is 1. The van der Waals surface area contributed by atoms with Crippen molar-refractivity contribution in [3.63, 3.8) is 0 Å². The van der Waals surface area contributed by atoms with Crippen molar-refractivity contribution in [1.82, 2.24) is 15.1 Å². The lowest BCUT2D eigenvalue weighted by Gasteiger charge is -2.09. The number of carbonyl (C=O) groups excluding carboxylic acids is 1. The summed E-state index contributed by atoms with van der Waals surface area (Å²) in [6.45, 7) is 2.09. The van der Waals surface area contributed by atoms with Gasteiger partial charge in [-0.25, -0.2) is 4.79 Å². The van der Waals surface area contributed by atoms with Crippen molar-refractivity contribution in [2.75, 3.05) is 5.32 Å². The molecule has 1 aromatic heterocycles. The van der Waals surface area contributed by atoms with Crippen molar-refractivity contribution in [2.24, 2.45) is 7.05 Å². The number of hydrogen-bond acceptors (Lipinski definition) is 3. The fraction of sp³-hybridized carbons (Fsp3) is 0.286. The molecule has 1 atom stereocenters. The lowest BCUT2D eigenvalue weighted by molar-refractivity contribution is 0.199. The van der Waals surface area contributed by atoms with Crippen LogP contribution < -0.4 is 10.6 Å². The van der Waals surface area contributed by atoms with Crippen molar-refractivity contribution in [2.45, 2.75) is 19.6 Å². The number of hydrogen-bond donors (Lipinski definition) is 3. The summed E-state index contributed by atoms with van der Waals surface area (Å²) in [5.74, 6) is 0. The van der Waals surface area contributed by atoms with Gasteiger partial charge in [0.05, 0.1) is 12.3 Å². The van der Waals surface area contributed by atoms with Gasteiger partial charge in [-0.1, -0.05) is 12.1 Å². The number of amides is 2. The minimum Gasteiger partial charge on any atom is -0.389 e. The average molecular weight is 274 g/mol. The second kappa shape index (κ2) is 6.21. The monoisotopic (exact) mass is 274 g/mol. The Morgan fingerprint density at radius 2 is 2.30 bits per heavy atom. The molecule has 2 aromatic rings. The average Bonchev–Trinajstić information content (AvgIpc) is 2.82. The highest BCUT2D eigenvalue weighted by atomic mass is 16.3. The molecular formula is C14H18N4O2. The second-order valence-corrected chi connectivity index (χ2v) is 4.63. The van der Waals surface area contributed by atoms with E-state index in [1.54, 1.807) is 36.0 Å². The maximum Gasteiger partial charge on any atom is 0.319 e. The predicted molar refractivity (Wildman–Crippen MR) is 76.1 cm³/mol. The summed E-state index contributed by atoms with van der Waals surface area (Å²) in [6.07, 6.45) is 2.98. The smallest absolute Gasteiger partial charge is 0.319 e. The molecule has 0 spiro atoms. The van der Waals surface area contributed by atoms with Crippen LogP contribution in [0.15, 0.2) is 36.7 Å². The number of nitrogens with zero attached hydrogens (tertiary/aromatic N) is 2. The van der Waals surface area contributed by atoms with Crippen LogP contribution in [-0.2, 0) is 13.6 Å². The van der Waals surface area contributed by atoms with Gasteiger partial charge in [0.2, 0.25) is 0 Å². The van der Waals surface area contributed by atoms with E-state index in [4.69, 9.17) is 0 Å². The van der Waals surface area contributed by atoms with Gasteiger partial charge in [0, 0.05) is 31.0 Å². The van der Waals surface area contributed by atoms with Crippen LogP contribution in [0, 0.1) is 0 Å². The molecule has 1 aromatic carbocycles. The molecule has 0 fully saturated rings. The van der Waals surface area contributed by atoms with Crippen LogP contribution >= 0.6 is 0 Å². The van der Waals surface area contributed by atoms with Gasteiger partial charge >= 0.3 is 6.03 Å². The van der Waals surface area contributed by atoms with E-state index in [0.717, 1.165) is 11.1 Å². The predicted octanol–water partition coefficient (Wildman–Crippen LogP) is 1.80. The normalized spacial score (nSPS) is 11.9. The minimum absolute atomic E-state index is 0.295. The quantitative estimate of drug-likeness (QED) is 0.795. The molecule has 3 N–H and O–H groups in total. The molecule has 1 unspecified atom stereocenters. The number of aliphatic hydroxyl groups is 1. The Morgan fingerprint density at radius 1 is 1.50 bits per heavy atom. The van der Waals surface area contributed by atoms with Gasteiger partial charge in [-0.3, -0.25) is 4.68 Å². The summed E-state index contributed by atoms with van der Waals surface area (Å²) in [5.41, 5.74) is 2.34. The van der Waals surface area contributed by atoms with Crippen LogP contribution in [0.2, 0.25) is 0 Å². The zero-order valence-corrected chi connectivity index (χ0v) is 11.5. The van der Waals surface area contributed by atoms with Gasteiger partial charge in [-0.2, -0.15) is 5.10 Å². The van der Waals surface area contributed by atoms with E-state index in [9.17, 15) is 9.90 Å². The molecule has 1 heterocycles. The summed E-state index contributed by atoms with van der Waals surface area (Å²) in [7, 11) is 1.82. The fourth-order valence-electron chi connectivity index (χ4n) is 1.80. The topological polar surface area (TPSA) is 79.2 Å². The van der Waals surface area contributed by atoms with Crippen LogP contribution in [0.5, 0.6) is 0 Å². The largest absolute Gasteiger partial charge is 0.389 e. The van der Waals surface area contributed by atoms with Crippen molar-refractivity contribution in [3.8, 4) is 0 Å². The summed E-state index contributed by atoms with van der Waals surface area (Å²) in [6, 6.07) is 6.82. The van der Waals surface area contributed by atoms with E-state index in [1.165, 1.54) is 0 Å². The highest BCUT2D eigenvalue weighted by molar-refractivity contribution is 5.89. The van der Waals surface area contributed by atoms with E-state index in [0.29, 0.717) is 12.2 Å².